The Hall–Kier alpha value is -3.10. The van der Waals surface area contributed by atoms with Crippen molar-refractivity contribution in [2.45, 2.75) is 5.92 Å². The fourth-order valence-corrected chi connectivity index (χ4v) is 3.90. The Kier molecular flexibility index (Phi) is 5.12. The molecule has 0 spiro atoms. The second-order valence-corrected chi connectivity index (χ2v) is 7.95. The van der Waals surface area contributed by atoms with Crippen molar-refractivity contribution in [1.29, 1.82) is 0 Å². The SMILES string of the molecule is C[S+]([O-])Nc1cccc(-c2cnc3c(c2)C(C(=O)c2cc(N)ccc2F)CN3)c1. The number of nitrogens with two attached hydrogens (primary N) is 1. The molecule has 0 fully saturated rings. The van der Waals surface area contributed by atoms with Crippen LogP contribution < -0.4 is 15.8 Å². The zero-order chi connectivity index (χ0) is 20.5. The van der Waals surface area contributed by atoms with E-state index in [9.17, 15) is 13.7 Å². The molecule has 0 amide bonds. The number of fused-ring (bicyclic) bond motifs is 1. The minimum atomic E-state index is -1.18. The molecule has 2 atom stereocenters. The maximum Gasteiger partial charge on any atom is 0.175 e. The number of nitrogens with zero attached hydrogens (tertiary/aromatic N) is 1. The molecule has 4 rings (SSSR count). The number of rotatable bonds is 5. The zero-order valence-electron chi connectivity index (χ0n) is 15.6. The van der Waals surface area contributed by atoms with E-state index in [1.165, 1.54) is 18.2 Å². The molecule has 2 heterocycles. The molecule has 2 unspecified atom stereocenters. The first kappa shape index (κ1) is 19.2. The van der Waals surface area contributed by atoms with Gasteiger partial charge in [0, 0.05) is 29.6 Å². The lowest BCUT2D eigenvalue weighted by Crippen LogP contribution is -2.16. The van der Waals surface area contributed by atoms with Gasteiger partial charge in [-0.15, -0.1) is 0 Å². The van der Waals surface area contributed by atoms with E-state index in [4.69, 9.17) is 5.73 Å². The first-order chi connectivity index (χ1) is 13.9. The summed E-state index contributed by atoms with van der Waals surface area (Å²) in [5.74, 6) is -0.872. The summed E-state index contributed by atoms with van der Waals surface area (Å²) in [6.07, 6.45) is 3.27. The number of anilines is 3. The highest BCUT2D eigenvalue weighted by atomic mass is 32.2. The Morgan fingerprint density at radius 3 is 2.90 bits per heavy atom. The summed E-state index contributed by atoms with van der Waals surface area (Å²) in [6.45, 7) is 0.343. The minimum Gasteiger partial charge on any atom is -0.593 e. The summed E-state index contributed by atoms with van der Waals surface area (Å²) < 4.78 is 28.5. The van der Waals surface area contributed by atoms with E-state index in [1.54, 1.807) is 12.5 Å². The quantitative estimate of drug-likeness (QED) is 0.338. The average molecular weight is 410 g/mol. The monoisotopic (exact) mass is 410 g/mol. The predicted octanol–water partition coefficient (Wildman–Crippen LogP) is 3.57. The average Bonchev–Trinajstić information content (AvgIpc) is 3.12. The van der Waals surface area contributed by atoms with Gasteiger partial charge >= 0.3 is 0 Å². The summed E-state index contributed by atoms with van der Waals surface area (Å²) in [6, 6.07) is 13.3. The van der Waals surface area contributed by atoms with Crippen LogP contribution >= 0.6 is 0 Å². The van der Waals surface area contributed by atoms with Crippen LogP contribution in [0.15, 0.2) is 54.7 Å². The molecule has 0 saturated heterocycles. The van der Waals surface area contributed by atoms with E-state index in [2.05, 4.69) is 15.0 Å². The van der Waals surface area contributed by atoms with Crippen molar-refractivity contribution >= 4 is 34.3 Å². The van der Waals surface area contributed by atoms with Gasteiger partial charge in [-0.05, 0) is 42.0 Å². The molecule has 0 saturated carbocycles. The Labute approximate surface area is 170 Å². The number of Topliss-reactive ketones (excluding diaryl/α,β-unsaturated/α-hetero) is 1. The molecule has 0 aliphatic carbocycles. The largest absolute Gasteiger partial charge is 0.593 e. The van der Waals surface area contributed by atoms with Crippen LogP contribution in [0.25, 0.3) is 11.1 Å². The van der Waals surface area contributed by atoms with Crippen molar-refractivity contribution in [3.63, 3.8) is 0 Å². The van der Waals surface area contributed by atoms with Gasteiger partial charge in [-0.3, -0.25) is 4.79 Å². The number of hydrogen-bond donors (Lipinski definition) is 3. The van der Waals surface area contributed by atoms with Gasteiger partial charge < -0.3 is 15.6 Å². The number of carbonyl (C=O) groups is 1. The summed E-state index contributed by atoms with van der Waals surface area (Å²) in [5.41, 5.74) is 9.16. The summed E-state index contributed by atoms with van der Waals surface area (Å²) in [4.78, 5) is 17.4. The van der Waals surface area contributed by atoms with Crippen molar-refractivity contribution in [2.75, 3.05) is 28.6 Å². The maximum absolute atomic E-state index is 14.2. The van der Waals surface area contributed by atoms with Crippen molar-refractivity contribution in [2.24, 2.45) is 0 Å². The van der Waals surface area contributed by atoms with Crippen LogP contribution in [-0.2, 0) is 11.4 Å². The van der Waals surface area contributed by atoms with Gasteiger partial charge in [0.05, 0.1) is 28.5 Å². The fourth-order valence-electron chi connectivity index (χ4n) is 3.44. The molecule has 6 nitrogen and oxygen atoms in total. The van der Waals surface area contributed by atoms with Crippen LogP contribution in [0.4, 0.5) is 21.6 Å². The first-order valence-corrected chi connectivity index (χ1v) is 10.5. The summed E-state index contributed by atoms with van der Waals surface area (Å²) in [5, 5.41) is 3.11. The van der Waals surface area contributed by atoms with Gasteiger partial charge in [0.2, 0.25) is 0 Å². The van der Waals surface area contributed by atoms with Crippen LogP contribution in [0.5, 0.6) is 0 Å². The lowest BCUT2D eigenvalue weighted by atomic mass is 9.91. The number of nitrogens with one attached hydrogen (secondary N) is 2. The lowest BCUT2D eigenvalue weighted by Gasteiger charge is -2.12. The van der Waals surface area contributed by atoms with Crippen LogP contribution in [0.1, 0.15) is 21.8 Å². The Bertz CT molecular complexity index is 1090. The normalized spacial score (nSPS) is 16.0. The van der Waals surface area contributed by atoms with Crippen LogP contribution in [0.2, 0.25) is 0 Å². The van der Waals surface area contributed by atoms with Crippen molar-refractivity contribution in [3.05, 3.63) is 71.7 Å². The molecule has 1 aromatic heterocycles. The minimum absolute atomic E-state index is 0.0216. The molecule has 29 heavy (non-hydrogen) atoms. The highest BCUT2D eigenvalue weighted by Gasteiger charge is 2.32. The third kappa shape index (κ3) is 3.90. The molecule has 148 valence electrons. The summed E-state index contributed by atoms with van der Waals surface area (Å²) >= 11 is -1.18. The molecule has 4 N–H and O–H groups in total. The smallest absolute Gasteiger partial charge is 0.175 e. The number of aromatic nitrogens is 1. The molecule has 0 bridgehead atoms. The fraction of sp³-hybridized carbons (Fsp3) is 0.143. The van der Waals surface area contributed by atoms with E-state index in [0.29, 0.717) is 23.6 Å². The Morgan fingerprint density at radius 1 is 1.28 bits per heavy atom. The van der Waals surface area contributed by atoms with Crippen LogP contribution in [0.3, 0.4) is 0 Å². The standard InChI is InChI=1S/C21H19FN4O2S/c1-29(28)26-15-4-2-3-12(7-15)13-8-16-18(11-25-21(16)24-10-13)20(27)17-9-14(23)5-6-19(17)22/h2-10,18,26H,11,23H2,1H3,(H,24,25). The predicted molar refractivity (Wildman–Crippen MR) is 114 cm³/mol. The topological polar surface area (TPSA) is 103 Å². The zero-order valence-corrected chi connectivity index (χ0v) is 16.4. The molecule has 2 aromatic carbocycles. The number of nitrogen functional groups attached to an aromatic ring is 1. The third-order valence-corrected chi connectivity index (χ3v) is 5.32. The molecule has 0 radical (unpaired) electrons. The number of pyridine rings is 1. The summed E-state index contributed by atoms with van der Waals surface area (Å²) in [7, 11) is 0. The van der Waals surface area contributed by atoms with Crippen LogP contribution in [-0.4, -0.2) is 28.1 Å². The van der Waals surface area contributed by atoms with Gasteiger partial charge in [-0.1, -0.05) is 12.1 Å². The second-order valence-electron chi connectivity index (χ2n) is 6.84. The van der Waals surface area contributed by atoms with E-state index in [1.807, 2.05) is 30.3 Å². The number of benzene rings is 2. The highest BCUT2D eigenvalue weighted by Crippen LogP contribution is 2.36. The molecular weight excluding hydrogens is 391 g/mol. The Morgan fingerprint density at radius 2 is 2.10 bits per heavy atom. The van der Waals surface area contributed by atoms with Gasteiger partial charge in [-0.2, -0.15) is 0 Å². The lowest BCUT2D eigenvalue weighted by molar-refractivity contribution is 0.0962. The maximum atomic E-state index is 14.2. The van der Waals surface area contributed by atoms with E-state index in [0.717, 1.165) is 16.8 Å². The molecule has 1 aliphatic rings. The second kappa shape index (κ2) is 7.73. The van der Waals surface area contributed by atoms with Crippen molar-refractivity contribution in [3.8, 4) is 11.1 Å². The third-order valence-electron chi connectivity index (χ3n) is 4.80. The molecule has 8 heteroatoms. The van der Waals surface area contributed by atoms with E-state index < -0.39 is 23.1 Å². The molecular formula is C21H19FN4O2S. The van der Waals surface area contributed by atoms with Gasteiger partial charge in [0.25, 0.3) is 0 Å². The van der Waals surface area contributed by atoms with Gasteiger partial charge in [-0.25, -0.2) is 14.1 Å². The number of carbonyl (C=O) groups excluding carboxylic acids is 1. The number of halogens is 1. The molecule has 3 aromatic rings. The first-order valence-electron chi connectivity index (χ1n) is 8.96. The van der Waals surface area contributed by atoms with E-state index >= 15 is 0 Å². The van der Waals surface area contributed by atoms with Crippen molar-refractivity contribution < 1.29 is 13.7 Å². The van der Waals surface area contributed by atoms with Crippen molar-refractivity contribution in [1.82, 2.24) is 4.98 Å². The van der Waals surface area contributed by atoms with E-state index in [-0.39, 0.29) is 11.3 Å². The Balaban J connectivity index is 1.69. The van der Waals surface area contributed by atoms with Gasteiger partial charge in [0.15, 0.2) is 5.78 Å². The van der Waals surface area contributed by atoms with Crippen LogP contribution in [0, 0.1) is 5.82 Å². The highest BCUT2D eigenvalue weighted by molar-refractivity contribution is 7.92. The number of ketones is 1. The number of hydrogen-bond acceptors (Lipinski definition) is 6. The van der Waals surface area contributed by atoms with Gasteiger partial charge in [0.1, 0.15) is 17.9 Å². The molecule has 1 aliphatic heterocycles.